The van der Waals surface area contributed by atoms with Gasteiger partial charge in [-0.15, -0.1) is 0 Å². The van der Waals surface area contributed by atoms with Crippen LogP contribution in [0, 0.1) is 5.82 Å². The van der Waals surface area contributed by atoms with Gasteiger partial charge in [-0.05, 0) is 67.9 Å². The van der Waals surface area contributed by atoms with Crippen LogP contribution in [0.4, 0.5) is 15.8 Å². The standard InChI is InChI=1S/C30H28FN3O4S/c1-2-37-28(36)30(21-9-4-3-5-10-21)14-16-34(17-15-30)24-13-12-22(19-23(24)31)32-29(39)33-27(35)26-18-20-8-6-7-11-25(20)38-26/h3-13,18-19H,2,14-17H2,1H3,(H2,32,33,35,39). The van der Waals surface area contributed by atoms with Crippen molar-refractivity contribution in [1.82, 2.24) is 5.32 Å². The number of hydrogen-bond donors (Lipinski definition) is 2. The van der Waals surface area contributed by atoms with Gasteiger partial charge in [-0.3, -0.25) is 14.9 Å². The fourth-order valence-corrected chi connectivity index (χ4v) is 5.24. The maximum absolute atomic E-state index is 15.2. The zero-order valence-electron chi connectivity index (χ0n) is 21.4. The van der Waals surface area contributed by atoms with Crippen molar-refractivity contribution in [2.75, 3.05) is 29.9 Å². The Hall–Kier alpha value is -4.24. The first-order valence-electron chi connectivity index (χ1n) is 12.8. The fourth-order valence-electron chi connectivity index (χ4n) is 5.03. The Bertz CT molecular complexity index is 1480. The molecule has 0 bridgehead atoms. The van der Waals surface area contributed by atoms with E-state index in [9.17, 15) is 9.59 Å². The molecule has 7 nitrogen and oxygen atoms in total. The molecular weight excluding hydrogens is 517 g/mol. The largest absolute Gasteiger partial charge is 0.465 e. The number of halogens is 1. The van der Waals surface area contributed by atoms with Crippen molar-refractivity contribution >= 4 is 51.6 Å². The SMILES string of the molecule is CCOC(=O)C1(c2ccccc2)CCN(c2ccc(NC(=S)NC(=O)c3cc4ccccc4o3)cc2F)CC1. The number of thiocarbonyl (C=S) groups is 1. The third-order valence-corrected chi connectivity index (χ3v) is 7.24. The van der Waals surface area contributed by atoms with Gasteiger partial charge >= 0.3 is 5.97 Å². The normalized spacial score (nSPS) is 14.6. The second-order valence-corrected chi connectivity index (χ2v) is 9.79. The molecule has 0 unspecified atom stereocenters. The number of nitrogens with one attached hydrogen (secondary N) is 2. The summed E-state index contributed by atoms with van der Waals surface area (Å²) in [7, 11) is 0. The van der Waals surface area contributed by atoms with E-state index >= 15 is 4.39 Å². The summed E-state index contributed by atoms with van der Waals surface area (Å²) in [5.74, 6) is -1.05. The van der Waals surface area contributed by atoms with Crippen LogP contribution in [0.3, 0.4) is 0 Å². The summed E-state index contributed by atoms with van der Waals surface area (Å²) in [5.41, 5.74) is 1.59. The summed E-state index contributed by atoms with van der Waals surface area (Å²) in [6, 6.07) is 23.3. The van der Waals surface area contributed by atoms with E-state index in [1.54, 1.807) is 31.2 Å². The number of ether oxygens (including phenoxy) is 1. The number of benzene rings is 3. The van der Waals surface area contributed by atoms with Gasteiger partial charge in [0.15, 0.2) is 10.9 Å². The first-order valence-corrected chi connectivity index (χ1v) is 13.2. The van der Waals surface area contributed by atoms with Crippen molar-refractivity contribution in [3.63, 3.8) is 0 Å². The van der Waals surface area contributed by atoms with Gasteiger partial charge in [-0.25, -0.2) is 4.39 Å². The highest BCUT2D eigenvalue weighted by atomic mass is 32.1. The molecule has 4 aromatic rings. The van der Waals surface area contributed by atoms with Gasteiger partial charge in [0.05, 0.1) is 17.7 Å². The number of carbonyl (C=O) groups excluding carboxylic acids is 2. The maximum atomic E-state index is 15.2. The molecule has 1 fully saturated rings. The Morgan fingerprint density at radius 3 is 2.44 bits per heavy atom. The number of rotatable bonds is 6. The molecule has 9 heteroatoms. The quantitative estimate of drug-likeness (QED) is 0.234. The van der Waals surface area contributed by atoms with Crippen molar-refractivity contribution in [2.45, 2.75) is 25.2 Å². The van der Waals surface area contributed by atoms with Crippen LogP contribution in [0.25, 0.3) is 11.0 Å². The molecule has 1 aliphatic heterocycles. The maximum Gasteiger partial charge on any atom is 0.316 e. The average Bonchev–Trinajstić information content (AvgIpc) is 3.39. The monoisotopic (exact) mass is 545 g/mol. The highest BCUT2D eigenvalue weighted by molar-refractivity contribution is 7.80. The number of piperidine rings is 1. The lowest BCUT2D eigenvalue weighted by Crippen LogP contribution is -2.48. The number of fused-ring (bicyclic) bond motifs is 1. The molecule has 200 valence electrons. The molecule has 5 rings (SSSR count). The second kappa shape index (κ2) is 11.2. The number of carbonyl (C=O) groups is 2. The summed E-state index contributed by atoms with van der Waals surface area (Å²) in [6.07, 6.45) is 1.01. The summed E-state index contributed by atoms with van der Waals surface area (Å²) < 4.78 is 26.2. The zero-order chi connectivity index (χ0) is 27.4. The van der Waals surface area contributed by atoms with E-state index in [2.05, 4.69) is 10.6 Å². The van der Waals surface area contributed by atoms with Crippen molar-refractivity contribution in [3.05, 3.63) is 96.0 Å². The lowest BCUT2D eigenvalue weighted by Gasteiger charge is -2.41. The molecule has 0 saturated carbocycles. The molecule has 2 N–H and O–H groups in total. The smallest absolute Gasteiger partial charge is 0.316 e. The number of amides is 1. The molecule has 39 heavy (non-hydrogen) atoms. The molecule has 0 spiro atoms. The van der Waals surface area contributed by atoms with Crippen LogP contribution >= 0.6 is 12.2 Å². The Balaban J connectivity index is 1.23. The molecule has 2 heterocycles. The Morgan fingerprint density at radius 1 is 1.03 bits per heavy atom. The van der Waals surface area contributed by atoms with Crippen molar-refractivity contribution in [3.8, 4) is 0 Å². The van der Waals surface area contributed by atoms with E-state index in [0.717, 1.165) is 10.9 Å². The van der Waals surface area contributed by atoms with Gasteiger partial charge in [0.2, 0.25) is 0 Å². The van der Waals surface area contributed by atoms with E-state index in [-0.39, 0.29) is 16.8 Å². The van der Waals surface area contributed by atoms with E-state index in [1.165, 1.54) is 6.07 Å². The zero-order valence-corrected chi connectivity index (χ0v) is 22.2. The number of hydrogen-bond acceptors (Lipinski definition) is 6. The number of esters is 1. The van der Waals surface area contributed by atoms with Gasteiger partial charge in [-0.2, -0.15) is 0 Å². The Morgan fingerprint density at radius 2 is 1.74 bits per heavy atom. The van der Waals surface area contributed by atoms with Crippen LogP contribution in [-0.4, -0.2) is 36.7 Å². The molecule has 3 aromatic carbocycles. The summed E-state index contributed by atoms with van der Waals surface area (Å²) in [5, 5.41) is 6.24. The van der Waals surface area contributed by atoms with Crippen LogP contribution in [0.5, 0.6) is 0 Å². The lowest BCUT2D eigenvalue weighted by molar-refractivity contribution is -0.151. The highest BCUT2D eigenvalue weighted by Crippen LogP contribution is 2.39. The molecule has 1 aromatic heterocycles. The van der Waals surface area contributed by atoms with Crippen molar-refractivity contribution < 1.29 is 23.1 Å². The van der Waals surface area contributed by atoms with E-state index in [1.807, 2.05) is 53.4 Å². The van der Waals surface area contributed by atoms with E-state index in [0.29, 0.717) is 49.5 Å². The van der Waals surface area contributed by atoms with Crippen LogP contribution in [0.1, 0.15) is 35.9 Å². The van der Waals surface area contributed by atoms with Crippen LogP contribution in [0.2, 0.25) is 0 Å². The fraction of sp³-hybridized carbons (Fsp3) is 0.233. The van der Waals surface area contributed by atoms with E-state index < -0.39 is 17.1 Å². The average molecular weight is 546 g/mol. The van der Waals surface area contributed by atoms with Gasteiger partial charge in [0.1, 0.15) is 11.4 Å². The predicted molar refractivity (Wildman–Crippen MR) is 153 cm³/mol. The third-order valence-electron chi connectivity index (χ3n) is 7.03. The lowest BCUT2D eigenvalue weighted by atomic mass is 9.72. The molecule has 0 radical (unpaired) electrons. The Labute approximate surface area is 230 Å². The Kier molecular flexibility index (Phi) is 7.60. The van der Waals surface area contributed by atoms with Crippen LogP contribution in [-0.2, 0) is 14.9 Å². The van der Waals surface area contributed by atoms with Gasteiger partial charge in [0, 0.05) is 24.2 Å². The number of nitrogens with zero attached hydrogens (tertiary/aromatic N) is 1. The molecule has 1 aliphatic rings. The van der Waals surface area contributed by atoms with Crippen LogP contribution in [0.15, 0.2) is 83.3 Å². The summed E-state index contributed by atoms with van der Waals surface area (Å²) in [6.45, 7) is 3.08. The van der Waals surface area contributed by atoms with Gasteiger partial charge < -0.3 is 19.4 Å². The number of para-hydroxylation sites is 1. The van der Waals surface area contributed by atoms with E-state index in [4.69, 9.17) is 21.4 Å². The predicted octanol–water partition coefficient (Wildman–Crippen LogP) is 5.80. The number of anilines is 2. The minimum atomic E-state index is -0.754. The molecular formula is C30H28FN3O4S. The first kappa shape index (κ1) is 26.4. The van der Waals surface area contributed by atoms with Crippen LogP contribution < -0.4 is 15.5 Å². The molecule has 1 saturated heterocycles. The molecule has 0 atom stereocenters. The van der Waals surface area contributed by atoms with Gasteiger partial charge in [0.25, 0.3) is 5.91 Å². The first-order chi connectivity index (χ1) is 18.9. The number of furan rings is 1. The van der Waals surface area contributed by atoms with Crippen molar-refractivity contribution in [2.24, 2.45) is 0 Å². The third kappa shape index (κ3) is 5.49. The highest BCUT2D eigenvalue weighted by Gasteiger charge is 2.44. The van der Waals surface area contributed by atoms with Gasteiger partial charge in [-0.1, -0.05) is 48.5 Å². The minimum absolute atomic E-state index is 0.0210. The second-order valence-electron chi connectivity index (χ2n) is 9.38. The molecule has 0 aliphatic carbocycles. The summed E-state index contributed by atoms with van der Waals surface area (Å²) in [4.78, 5) is 27.5. The summed E-state index contributed by atoms with van der Waals surface area (Å²) >= 11 is 5.25. The van der Waals surface area contributed by atoms with Crippen molar-refractivity contribution in [1.29, 1.82) is 0 Å². The molecule has 1 amide bonds. The minimum Gasteiger partial charge on any atom is -0.465 e. The topological polar surface area (TPSA) is 83.8 Å².